The van der Waals surface area contributed by atoms with Crippen molar-refractivity contribution in [2.45, 2.75) is 25.6 Å². The van der Waals surface area contributed by atoms with Gasteiger partial charge in [-0.3, -0.25) is 0 Å². The number of aliphatic hydroxyl groups excluding tert-OH is 1. The van der Waals surface area contributed by atoms with Gasteiger partial charge in [0.25, 0.3) is 0 Å². The molecule has 0 spiro atoms. The SMILES string of the molecule is COC(C)Cn1cncc1C(N)CO. The average Bonchev–Trinajstić information content (AvgIpc) is 2.64. The predicted octanol–water partition coefficient (Wildman–Crippen LogP) is -0.0899. The summed E-state index contributed by atoms with van der Waals surface area (Å²) in [6.07, 6.45) is 3.47. The van der Waals surface area contributed by atoms with Gasteiger partial charge in [-0.25, -0.2) is 4.98 Å². The zero-order valence-electron chi connectivity index (χ0n) is 8.55. The lowest BCUT2D eigenvalue weighted by molar-refractivity contribution is 0.102. The normalized spacial score (nSPS) is 15.4. The first-order valence-corrected chi connectivity index (χ1v) is 4.58. The van der Waals surface area contributed by atoms with E-state index in [1.54, 1.807) is 19.6 Å². The third kappa shape index (κ3) is 2.54. The fourth-order valence-corrected chi connectivity index (χ4v) is 1.24. The standard InChI is InChI=1S/C9H17N3O2/c1-7(14-2)4-12-6-11-3-9(12)8(10)5-13/h3,6-8,13H,4-5,10H2,1-2H3. The Morgan fingerprint density at radius 1 is 1.71 bits per heavy atom. The van der Waals surface area contributed by atoms with Crippen LogP contribution in [-0.2, 0) is 11.3 Å². The highest BCUT2D eigenvalue weighted by Gasteiger charge is 2.11. The van der Waals surface area contributed by atoms with E-state index < -0.39 is 0 Å². The molecule has 3 N–H and O–H groups in total. The van der Waals surface area contributed by atoms with E-state index in [2.05, 4.69) is 4.98 Å². The summed E-state index contributed by atoms with van der Waals surface area (Å²) in [6, 6.07) is -0.374. The van der Waals surface area contributed by atoms with E-state index in [4.69, 9.17) is 15.6 Å². The molecule has 0 saturated heterocycles. The summed E-state index contributed by atoms with van der Waals surface area (Å²) >= 11 is 0. The summed E-state index contributed by atoms with van der Waals surface area (Å²) in [4.78, 5) is 3.99. The number of aliphatic hydroxyl groups is 1. The molecule has 1 aromatic rings. The van der Waals surface area contributed by atoms with Gasteiger partial charge in [-0.05, 0) is 6.92 Å². The highest BCUT2D eigenvalue weighted by atomic mass is 16.5. The summed E-state index contributed by atoms with van der Waals surface area (Å²) in [6.45, 7) is 2.58. The van der Waals surface area contributed by atoms with Gasteiger partial charge in [0.1, 0.15) is 0 Å². The fraction of sp³-hybridized carbons (Fsp3) is 0.667. The maximum Gasteiger partial charge on any atom is 0.0949 e. The van der Waals surface area contributed by atoms with Crippen molar-refractivity contribution in [1.29, 1.82) is 0 Å². The molecule has 0 fully saturated rings. The monoisotopic (exact) mass is 199 g/mol. The summed E-state index contributed by atoms with van der Waals surface area (Å²) in [7, 11) is 1.66. The number of hydrogen-bond acceptors (Lipinski definition) is 4. The van der Waals surface area contributed by atoms with Crippen molar-refractivity contribution in [3.05, 3.63) is 18.2 Å². The third-order valence-electron chi connectivity index (χ3n) is 2.18. The summed E-state index contributed by atoms with van der Waals surface area (Å²) in [5.74, 6) is 0. The molecule has 0 radical (unpaired) electrons. The van der Waals surface area contributed by atoms with Gasteiger partial charge in [0.15, 0.2) is 0 Å². The minimum Gasteiger partial charge on any atom is -0.394 e. The van der Waals surface area contributed by atoms with Crippen LogP contribution >= 0.6 is 0 Å². The molecule has 2 atom stereocenters. The Morgan fingerprint density at radius 3 is 3.00 bits per heavy atom. The molecule has 80 valence electrons. The van der Waals surface area contributed by atoms with Crippen LogP contribution in [0.15, 0.2) is 12.5 Å². The van der Waals surface area contributed by atoms with Crippen molar-refractivity contribution in [2.24, 2.45) is 5.73 Å². The van der Waals surface area contributed by atoms with E-state index >= 15 is 0 Å². The molecule has 0 bridgehead atoms. The molecule has 0 saturated carbocycles. The highest BCUT2D eigenvalue weighted by Crippen LogP contribution is 2.10. The number of hydrogen-bond donors (Lipinski definition) is 2. The molecule has 0 aliphatic heterocycles. The Hall–Kier alpha value is -0.910. The molecule has 5 heteroatoms. The van der Waals surface area contributed by atoms with Gasteiger partial charge < -0.3 is 20.1 Å². The smallest absolute Gasteiger partial charge is 0.0949 e. The molecule has 0 aromatic carbocycles. The maximum absolute atomic E-state index is 8.92. The molecule has 0 aliphatic carbocycles. The maximum atomic E-state index is 8.92. The number of rotatable bonds is 5. The quantitative estimate of drug-likeness (QED) is 0.695. The number of nitrogens with two attached hydrogens (primary N) is 1. The molecular weight excluding hydrogens is 182 g/mol. The van der Waals surface area contributed by atoms with Gasteiger partial charge in [0.05, 0.1) is 30.8 Å². The topological polar surface area (TPSA) is 73.3 Å². The van der Waals surface area contributed by atoms with Crippen LogP contribution in [0.2, 0.25) is 0 Å². The summed E-state index contributed by atoms with van der Waals surface area (Å²) in [5, 5.41) is 8.92. The van der Waals surface area contributed by atoms with Crippen LogP contribution in [-0.4, -0.2) is 34.5 Å². The Kier molecular flexibility index (Phi) is 4.06. The van der Waals surface area contributed by atoms with E-state index in [1.165, 1.54) is 0 Å². The zero-order chi connectivity index (χ0) is 10.6. The molecule has 1 heterocycles. The first-order valence-electron chi connectivity index (χ1n) is 4.58. The van der Waals surface area contributed by atoms with E-state index in [0.717, 1.165) is 5.69 Å². The van der Waals surface area contributed by atoms with Gasteiger partial charge in [0, 0.05) is 19.9 Å². The van der Waals surface area contributed by atoms with Crippen molar-refractivity contribution in [3.63, 3.8) is 0 Å². The molecule has 14 heavy (non-hydrogen) atoms. The van der Waals surface area contributed by atoms with Crippen molar-refractivity contribution < 1.29 is 9.84 Å². The lowest BCUT2D eigenvalue weighted by Gasteiger charge is -2.15. The van der Waals surface area contributed by atoms with Crippen LogP contribution < -0.4 is 5.73 Å². The predicted molar refractivity (Wildman–Crippen MR) is 52.7 cm³/mol. The average molecular weight is 199 g/mol. The van der Waals surface area contributed by atoms with Gasteiger partial charge >= 0.3 is 0 Å². The van der Waals surface area contributed by atoms with Crippen LogP contribution in [0.25, 0.3) is 0 Å². The number of methoxy groups -OCH3 is 1. The molecule has 1 rings (SSSR count). The van der Waals surface area contributed by atoms with Gasteiger partial charge in [-0.1, -0.05) is 0 Å². The van der Waals surface area contributed by atoms with Crippen LogP contribution in [0.5, 0.6) is 0 Å². The first kappa shape index (κ1) is 11.2. The van der Waals surface area contributed by atoms with Crippen LogP contribution in [0.1, 0.15) is 18.7 Å². The van der Waals surface area contributed by atoms with Crippen molar-refractivity contribution >= 4 is 0 Å². The van der Waals surface area contributed by atoms with Gasteiger partial charge in [-0.2, -0.15) is 0 Å². The van der Waals surface area contributed by atoms with Gasteiger partial charge in [0.2, 0.25) is 0 Å². The minimum absolute atomic E-state index is 0.0763. The Balaban J connectivity index is 2.72. The largest absolute Gasteiger partial charge is 0.394 e. The molecule has 5 nitrogen and oxygen atoms in total. The van der Waals surface area contributed by atoms with Crippen molar-refractivity contribution in [3.8, 4) is 0 Å². The first-order chi connectivity index (χ1) is 6.69. The van der Waals surface area contributed by atoms with E-state index in [1.807, 2.05) is 11.5 Å². The van der Waals surface area contributed by atoms with Gasteiger partial charge in [-0.15, -0.1) is 0 Å². The molecule has 0 aliphatic rings. The zero-order valence-corrected chi connectivity index (χ0v) is 8.55. The van der Waals surface area contributed by atoms with E-state index in [0.29, 0.717) is 6.54 Å². The van der Waals surface area contributed by atoms with E-state index in [9.17, 15) is 0 Å². The summed E-state index contributed by atoms with van der Waals surface area (Å²) in [5.41, 5.74) is 6.54. The van der Waals surface area contributed by atoms with Crippen LogP contribution in [0, 0.1) is 0 Å². The molecule has 0 amide bonds. The number of ether oxygens (including phenoxy) is 1. The van der Waals surface area contributed by atoms with Crippen molar-refractivity contribution in [1.82, 2.24) is 9.55 Å². The van der Waals surface area contributed by atoms with Crippen LogP contribution in [0.4, 0.5) is 0 Å². The molecular formula is C9H17N3O2. The van der Waals surface area contributed by atoms with Crippen molar-refractivity contribution in [2.75, 3.05) is 13.7 Å². The number of aromatic nitrogens is 2. The fourth-order valence-electron chi connectivity index (χ4n) is 1.24. The van der Waals surface area contributed by atoms with Crippen LogP contribution in [0.3, 0.4) is 0 Å². The third-order valence-corrected chi connectivity index (χ3v) is 2.18. The second-order valence-electron chi connectivity index (χ2n) is 3.31. The Bertz CT molecular complexity index is 275. The minimum atomic E-state index is -0.374. The molecule has 1 aromatic heterocycles. The molecule has 2 unspecified atom stereocenters. The highest BCUT2D eigenvalue weighted by molar-refractivity contribution is 5.04. The number of imidazole rings is 1. The summed E-state index contributed by atoms with van der Waals surface area (Å²) < 4.78 is 7.04. The second-order valence-corrected chi connectivity index (χ2v) is 3.31. The Labute approximate surface area is 83.5 Å². The van der Waals surface area contributed by atoms with E-state index in [-0.39, 0.29) is 18.8 Å². The lowest BCUT2D eigenvalue weighted by Crippen LogP contribution is -2.22. The Morgan fingerprint density at radius 2 is 2.43 bits per heavy atom. The second kappa shape index (κ2) is 5.09. The lowest BCUT2D eigenvalue weighted by atomic mass is 10.2. The number of nitrogens with zero attached hydrogens (tertiary/aromatic N) is 2.